The van der Waals surface area contributed by atoms with E-state index in [2.05, 4.69) is 90.8 Å². The second-order valence-electron chi connectivity index (χ2n) is 31.3. The van der Waals surface area contributed by atoms with Crippen LogP contribution in [0.2, 0.25) is 0 Å². The fourth-order valence-corrected chi connectivity index (χ4v) is 22.0. The molecule has 46 nitrogen and oxygen atoms in total. The van der Waals surface area contributed by atoms with Crippen molar-refractivity contribution >= 4 is 146 Å². The molecule has 137 heavy (non-hydrogen) atoms. The molecule has 16 heterocycles. The number of aromatic nitrogens is 16. The predicted molar refractivity (Wildman–Crippen MR) is 477 cm³/mol. The minimum atomic E-state index is -4.14. The van der Waals surface area contributed by atoms with E-state index in [-0.39, 0.29) is 140 Å². The fraction of sp³-hybridized carbons (Fsp3) is 0.366. The molecule has 12 aromatic rings. The van der Waals surface area contributed by atoms with E-state index < -0.39 is 173 Å². The summed E-state index contributed by atoms with van der Waals surface area (Å²) in [5.41, 5.74) is 0.0279. The van der Waals surface area contributed by atoms with Crippen LogP contribution in [0.1, 0.15) is 79.2 Å². The van der Waals surface area contributed by atoms with Crippen LogP contribution in [0, 0.1) is 35.8 Å². The van der Waals surface area contributed by atoms with Gasteiger partial charge in [0.15, 0.2) is 148 Å². The number of amides is 4. The molecular formula is C82H74B3F2N24O22P4+3. The van der Waals surface area contributed by atoms with Crippen molar-refractivity contribution in [3.8, 4) is 12.1 Å². The third kappa shape index (κ3) is 19.3. The van der Waals surface area contributed by atoms with Crippen molar-refractivity contribution in [1.29, 1.82) is 10.5 Å². The molecule has 20 atom stereocenters. The van der Waals surface area contributed by atoms with Gasteiger partial charge in [-0.3, -0.25) is 37.4 Å². The van der Waals surface area contributed by atoms with Gasteiger partial charge in [-0.2, -0.15) is 51.2 Å². The van der Waals surface area contributed by atoms with Crippen molar-refractivity contribution in [1.82, 2.24) is 78.1 Å². The van der Waals surface area contributed by atoms with Crippen LogP contribution in [-0.2, 0) is 82.7 Å². The summed E-state index contributed by atoms with van der Waals surface area (Å²) in [6, 6.07) is 38.1. The number of halogens is 2. The number of nitrogens with zero attached hydrogens (tertiary/aromatic N) is 20. The van der Waals surface area contributed by atoms with Crippen molar-refractivity contribution in [3.05, 3.63) is 217 Å². The van der Waals surface area contributed by atoms with Gasteiger partial charge in [-0.15, -0.1) is 0 Å². The Hall–Kier alpha value is -12.0. The quantitative estimate of drug-likeness (QED) is 0.0189. The zero-order valence-corrected chi connectivity index (χ0v) is 74.9. The summed E-state index contributed by atoms with van der Waals surface area (Å²) in [6.45, 7) is 11.6. The second-order valence-corrected chi connectivity index (χ2v) is 37.9. The first kappa shape index (κ1) is 94.0. The van der Waals surface area contributed by atoms with E-state index in [4.69, 9.17) is 119 Å². The number of nitriles is 2. The number of hydrogen-bond donors (Lipinski definition) is 4. The van der Waals surface area contributed by atoms with E-state index in [0.29, 0.717) is 22.3 Å². The topological polar surface area (TPSA) is 513 Å². The number of rotatable bonds is 24. The molecule has 4 N–H and O–H groups in total. The first-order valence-electron chi connectivity index (χ1n) is 42.1. The van der Waals surface area contributed by atoms with Gasteiger partial charge in [-0.1, -0.05) is 72.8 Å². The zero-order valence-electron chi connectivity index (χ0n) is 71.4. The van der Waals surface area contributed by atoms with E-state index in [1.165, 1.54) is 59.8 Å². The Kier molecular flexibility index (Phi) is 27.8. The molecule has 4 bridgehead atoms. The van der Waals surface area contributed by atoms with Crippen LogP contribution in [0.15, 0.2) is 172 Å². The molecule has 4 amide bonds. The second kappa shape index (κ2) is 40.6. The summed E-state index contributed by atoms with van der Waals surface area (Å²) in [6.07, 6.45) is -8.62. The Morgan fingerprint density at radius 3 is 1.19 bits per heavy atom. The molecule has 8 fully saturated rings. The summed E-state index contributed by atoms with van der Waals surface area (Å²) in [5, 5.41) is 29.8. The fourth-order valence-electron chi connectivity index (χ4n) is 16.2. The van der Waals surface area contributed by atoms with Gasteiger partial charge in [0.2, 0.25) is 13.1 Å². The molecule has 8 unspecified atom stereocenters. The minimum Gasteiger partial charge on any atom is -0.367 e. The van der Waals surface area contributed by atoms with E-state index in [1.54, 1.807) is 130 Å². The van der Waals surface area contributed by atoms with Gasteiger partial charge in [0.05, 0.1) is 76.7 Å². The number of ether oxygens (including phenoxy) is 6. The number of carbonyl (C=O) groups is 4. The van der Waals surface area contributed by atoms with E-state index in [0.717, 1.165) is 0 Å². The highest BCUT2D eigenvalue weighted by Gasteiger charge is 2.71. The maximum atomic E-state index is 17.3. The van der Waals surface area contributed by atoms with Crippen LogP contribution in [0.5, 0.6) is 0 Å². The smallest absolute Gasteiger partial charge is 0.367 e. The van der Waals surface area contributed by atoms with Gasteiger partial charge in [0.25, 0.3) is 23.6 Å². The van der Waals surface area contributed by atoms with Gasteiger partial charge >= 0.3 is 54.8 Å². The molecule has 8 aliphatic heterocycles. The van der Waals surface area contributed by atoms with Crippen LogP contribution in [0.4, 0.5) is 32.1 Å². The first-order valence-corrected chi connectivity index (χ1v) is 48.0. The Morgan fingerprint density at radius 2 is 0.803 bits per heavy atom. The van der Waals surface area contributed by atoms with E-state index in [9.17, 15) is 29.7 Å². The largest absolute Gasteiger partial charge is 0.488 e. The van der Waals surface area contributed by atoms with Crippen molar-refractivity contribution in [2.24, 2.45) is 0 Å². The van der Waals surface area contributed by atoms with Gasteiger partial charge in [-0.25, -0.2) is 81.7 Å². The summed E-state index contributed by atoms with van der Waals surface area (Å²) in [4.78, 5) is 111. The Balaban J connectivity index is 0.000000175. The van der Waals surface area contributed by atoms with Crippen molar-refractivity contribution in [2.45, 2.75) is 110 Å². The maximum Gasteiger partial charge on any atom is 0.488 e. The number of fused-ring (bicyclic) bond motifs is 6. The molecule has 6 radical (unpaired) electrons. The first-order chi connectivity index (χ1) is 66.7. The molecule has 20 rings (SSSR count). The van der Waals surface area contributed by atoms with Gasteiger partial charge in [0.1, 0.15) is 82.3 Å². The SMILES string of the molecule is [B][P+]1(OCCC#N)OC[C@@]23COC([C@H](n4cnc5c(NC(=O)c6ccccc6)ncnc54)O2)[C@H]3O[P+]([B])(OCC[N+]#[C-])OC[C@H]2O[C@@H](n3cnc4c(NC(=O)c5ccccc5)ncnc43)[C@@H](F)C2O1.[B][P+]1(OCC[N+]#[C-])OC[C@H]2O[C@@H](n3cnc4c(NC(=O)c5ccccc5)ncnc43)[C@@H](F)C2OP(OCCC#N)OC[C@@]23COC([C@H](n4cnc5c(NC(=O)c6ccccc6)ncnc54)O2)[C@H]3O1. The predicted octanol–water partition coefficient (Wildman–Crippen LogP) is 9.28. The standard InChI is InChI=1S/C41H37B2FN12O11P2.C41H37BFN12O11P2/c1-46-14-16-61-68(42)62-17-26-30(27(44)39(64-26)55-22-51-28-33(47-20-49-35(28)55)53-37(57)24-9-4-2-5-10-24)66-69(43,60-15-8-13-45)63-19-41-18-59-31(32(41)67-68)40(65-41)56-23-52-29-34(48-21-50-36(29)56)54-38(58)25-11-6-3-7-12-25;1-45-14-16-61-68(42)62-17-26-30(27(43)39(63-26)54-22-50-28-33(46-20-48-35(28)54)52-37(56)24-9-4-2-5-10-24)65-67(59-15-8-13-44)60-19-41-18-58-31(32(41)66-68)40(64-41)55-23-51-29-34(47-21-49-36(29)55)53-38(57)25-11-6-3-7-12-25/h2-7,9-12,20-23,26-27,30-32,39-40H,8,14-19H2,(H,47,49,53,57)(H,48,50,54,58);2-7,9-12,20-23,26-27,30-32,39-40H,8,14-19H2,(H,46,48,52,56)(H,47,49,53,57)/q+2;+1/t26-,27+,30?,31?,32-,39-,40-,41-,68?,69?;26-,27+,30?,31?,32-,39-,40-,41-,67?,68?/m11/s1. The molecule has 8 saturated heterocycles. The molecule has 8 aliphatic rings. The van der Waals surface area contributed by atoms with Crippen molar-refractivity contribution in [2.75, 3.05) is 100 Å². The maximum absolute atomic E-state index is 17.3. The van der Waals surface area contributed by atoms with Gasteiger partial charge in [0, 0.05) is 22.3 Å². The van der Waals surface area contributed by atoms with Crippen LogP contribution >= 0.6 is 32.1 Å². The molecule has 694 valence electrons. The normalized spacial score (nSPS) is 29.4. The van der Waals surface area contributed by atoms with Crippen LogP contribution < -0.4 is 21.3 Å². The third-order valence-electron chi connectivity index (χ3n) is 22.7. The highest BCUT2D eigenvalue weighted by atomic mass is 31.2. The number of nitrogens with one attached hydrogen (secondary N) is 4. The highest BCUT2D eigenvalue weighted by molar-refractivity contribution is 7.86. The monoisotopic (exact) mass is 1940 g/mol. The molecule has 8 aromatic heterocycles. The van der Waals surface area contributed by atoms with Gasteiger partial charge in [-0.05, 0) is 48.5 Å². The Morgan fingerprint density at radius 1 is 0.453 bits per heavy atom. The molecule has 55 heteroatoms. The molecule has 0 spiro atoms. The van der Waals surface area contributed by atoms with E-state index >= 15 is 8.78 Å². The number of benzene rings is 4. The van der Waals surface area contributed by atoms with E-state index in [1.807, 2.05) is 12.1 Å². The molecular weight excluding hydrogens is 1870 g/mol. The summed E-state index contributed by atoms with van der Waals surface area (Å²) in [7, 11) is 5.98. The van der Waals surface area contributed by atoms with Gasteiger partial charge < -0.3 is 72.9 Å². The number of hydrogen-bond acceptors (Lipinski definition) is 36. The Bertz CT molecular complexity index is 6640. The van der Waals surface area contributed by atoms with Crippen molar-refractivity contribution in [3.63, 3.8) is 0 Å². The van der Waals surface area contributed by atoms with Crippen LogP contribution in [0.3, 0.4) is 0 Å². The third-order valence-corrected chi connectivity index (χ3v) is 28.5. The summed E-state index contributed by atoms with van der Waals surface area (Å²) in [5.74, 6) is -1.32. The lowest BCUT2D eigenvalue weighted by atomic mass is 10.0. The average molecular weight is 1940 g/mol. The number of anilines is 4. The highest BCUT2D eigenvalue weighted by Crippen LogP contribution is 2.68. The minimum absolute atomic E-state index is 0.0447. The Labute approximate surface area is 781 Å². The lowest BCUT2D eigenvalue weighted by molar-refractivity contribution is -0.184. The molecule has 0 saturated carbocycles. The summed E-state index contributed by atoms with van der Waals surface area (Å²) < 4.78 is 154. The molecule has 0 aliphatic carbocycles. The lowest BCUT2D eigenvalue weighted by Gasteiger charge is -2.34. The van der Waals surface area contributed by atoms with Crippen LogP contribution in [0.25, 0.3) is 54.3 Å². The number of alkyl halides is 2. The zero-order chi connectivity index (χ0) is 94.6. The van der Waals surface area contributed by atoms with Crippen molar-refractivity contribution < 1.29 is 111 Å². The average Bonchev–Trinajstić information content (AvgIpc) is 1.56. The molecule has 4 aromatic carbocycles. The summed E-state index contributed by atoms with van der Waals surface area (Å²) >= 11 is 0. The number of imidazole rings is 4. The number of carbonyl (C=O) groups excluding carboxylic acids is 4. The lowest BCUT2D eigenvalue weighted by Crippen LogP contribution is -2.47. The van der Waals surface area contributed by atoms with Crippen LogP contribution in [-0.4, -0.2) is 276 Å².